The number of ether oxygens (including phenoxy) is 1. The van der Waals surface area contributed by atoms with E-state index in [-0.39, 0.29) is 11.3 Å². The van der Waals surface area contributed by atoms with E-state index in [4.69, 9.17) is 9.57 Å². The van der Waals surface area contributed by atoms with Gasteiger partial charge in [-0.3, -0.25) is 19.7 Å². The highest BCUT2D eigenvalue weighted by molar-refractivity contribution is 5.99. The number of non-ortho nitro benzene ring substituents is 1. The van der Waals surface area contributed by atoms with Crippen LogP contribution in [0.15, 0.2) is 18.2 Å². The van der Waals surface area contributed by atoms with Crippen molar-refractivity contribution >= 4 is 17.3 Å². The van der Waals surface area contributed by atoms with Gasteiger partial charge in [-0.05, 0) is 6.07 Å². The number of carbonyl (C=O) groups is 1. The van der Waals surface area contributed by atoms with Crippen LogP contribution in [0.4, 0.5) is 11.4 Å². The maximum atomic E-state index is 12.3. The molecule has 8 heteroatoms. The van der Waals surface area contributed by atoms with Crippen molar-refractivity contribution in [2.75, 3.05) is 45.4 Å². The molecule has 0 radical (unpaired) electrons. The molecule has 2 rings (SSSR count). The van der Waals surface area contributed by atoms with Gasteiger partial charge in [0.1, 0.15) is 0 Å². The smallest absolute Gasteiger partial charge is 0.279 e. The van der Waals surface area contributed by atoms with Crippen LogP contribution in [0, 0.1) is 10.1 Å². The van der Waals surface area contributed by atoms with Gasteiger partial charge in [-0.15, -0.1) is 0 Å². The summed E-state index contributed by atoms with van der Waals surface area (Å²) in [6.45, 7) is 2.39. The van der Waals surface area contributed by atoms with E-state index in [9.17, 15) is 14.9 Å². The van der Waals surface area contributed by atoms with Gasteiger partial charge in [-0.25, -0.2) is 5.06 Å². The van der Waals surface area contributed by atoms with Crippen LogP contribution in [0.25, 0.3) is 0 Å². The summed E-state index contributed by atoms with van der Waals surface area (Å²) < 4.78 is 5.28. The summed E-state index contributed by atoms with van der Waals surface area (Å²) >= 11 is 0. The van der Waals surface area contributed by atoms with Gasteiger partial charge in [-0.2, -0.15) is 0 Å². The average molecular weight is 295 g/mol. The van der Waals surface area contributed by atoms with Crippen molar-refractivity contribution in [2.24, 2.45) is 0 Å². The number of nitro groups is 1. The van der Waals surface area contributed by atoms with Gasteiger partial charge in [0.05, 0.1) is 36.5 Å². The Labute approximate surface area is 121 Å². The number of hydrogen-bond donors (Lipinski definition) is 0. The average Bonchev–Trinajstić information content (AvgIpc) is 2.53. The zero-order chi connectivity index (χ0) is 15.4. The number of rotatable bonds is 4. The lowest BCUT2D eigenvalue weighted by molar-refractivity contribution is -0.384. The second-order valence-electron chi connectivity index (χ2n) is 4.54. The van der Waals surface area contributed by atoms with E-state index in [2.05, 4.69) is 0 Å². The van der Waals surface area contributed by atoms with Gasteiger partial charge in [-0.1, -0.05) is 0 Å². The first-order valence-corrected chi connectivity index (χ1v) is 6.48. The van der Waals surface area contributed by atoms with Crippen molar-refractivity contribution in [3.8, 4) is 0 Å². The molecule has 1 saturated heterocycles. The largest absolute Gasteiger partial charge is 0.378 e. The van der Waals surface area contributed by atoms with Gasteiger partial charge in [0, 0.05) is 32.3 Å². The minimum Gasteiger partial charge on any atom is -0.378 e. The van der Waals surface area contributed by atoms with Gasteiger partial charge in [0.25, 0.3) is 11.6 Å². The number of morpholine rings is 1. The first kappa shape index (κ1) is 15.2. The van der Waals surface area contributed by atoms with Crippen LogP contribution >= 0.6 is 0 Å². The van der Waals surface area contributed by atoms with Crippen molar-refractivity contribution in [1.82, 2.24) is 5.06 Å². The van der Waals surface area contributed by atoms with Crippen molar-refractivity contribution in [3.05, 3.63) is 33.9 Å². The summed E-state index contributed by atoms with van der Waals surface area (Å²) in [4.78, 5) is 29.6. The van der Waals surface area contributed by atoms with Crippen molar-refractivity contribution in [3.63, 3.8) is 0 Å². The normalized spacial score (nSPS) is 14.9. The second kappa shape index (κ2) is 6.51. The monoisotopic (exact) mass is 295 g/mol. The molecule has 1 aromatic rings. The molecule has 1 aromatic carbocycles. The molecular formula is C13H17N3O5. The fourth-order valence-electron chi connectivity index (χ4n) is 2.14. The molecule has 21 heavy (non-hydrogen) atoms. The molecule has 0 aromatic heterocycles. The Morgan fingerprint density at radius 3 is 2.67 bits per heavy atom. The van der Waals surface area contributed by atoms with E-state index in [1.165, 1.54) is 26.3 Å². The molecule has 0 atom stereocenters. The third-order valence-electron chi connectivity index (χ3n) is 3.33. The fraction of sp³-hybridized carbons (Fsp3) is 0.462. The number of hydrogen-bond acceptors (Lipinski definition) is 6. The van der Waals surface area contributed by atoms with E-state index >= 15 is 0 Å². The zero-order valence-electron chi connectivity index (χ0n) is 11.9. The van der Waals surface area contributed by atoms with Gasteiger partial charge < -0.3 is 9.64 Å². The van der Waals surface area contributed by atoms with E-state index in [0.29, 0.717) is 32.0 Å². The third kappa shape index (κ3) is 3.29. The van der Waals surface area contributed by atoms with Crippen molar-refractivity contribution in [1.29, 1.82) is 0 Å². The molecule has 1 amide bonds. The highest BCUT2D eigenvalue weighted by Crippen LogP contribution is 2.27. The lowest BCUT2D eigenvalue weighted by Gasteiger charge is -2.30. The summed E-state index contributed by atoms with van der Waals surface area (Å²) in [6, 6.07) is 4.28. The number of hydroxylamine groups is 2. The van der Waals surface area contributed by atoms with E-state index in [0.717, 1.165) is 5.06 Å². The Morgan fingerprint density at radius 1 is 1.43 bits per heavy atom. The number of nitrogens with zero attached hydrogens (tertiary/aromatic N) is 3. The number of nitro benzene ring substituents is 1. The summed E-state index contributed by atoms with van der Waals surface area (Å²) in [6.07, 6.45) is 0. The Morgan fingerprint density at radius 2 is 2.10 bits per heavy atom. The Kier molecular flexibility index (Phi) is 4.71. The fourth-order valence-corrected chi connectivity index (χ4v) is 2.14. The minimum absolute atomic E-state index is 0.125. The summed E-state index contributed by atoms with van der Waals surface area (Å²) in [5, 5.41) is 12.0. The predicted octanol–water partition coefficient (Wildman–Crippen LogP) is 1.06. The summed E-state index contributed by atoms with van der Waals surface area (Å²) in [7, 11) is 2.83. The third-order valence-corrected chi connectivity index (χ3v) is 3.33. The quantitative estimate of drug-likeness (QED) is 0.610. The van der Waals surface area contributed by atoms with Gasteiger partial charge in [0.2, 0.25) is 0 Å². The molecule has 114 valence electrons. The maximum absolute atomic E-state index is 12.3. The molecule has 0 aliphatic carbocycles. The Bertz CT molecular complexity index is 543. The topological polar surface area (TPSA) is 85.1 Å². The molecule has 1 aliphatic rings. The first-order valence-electron chi connectivity index (χ1n) is 6.48. The molecular weight excluding hydrogens is 278 g/mol. The lowest BCUT2D eigenvalue weighted by Crippen LogP contribution is -2.38. The van der Waals surface area contributed by atoms with Gasteiger partial charge >= 0.3 is 0 Å². The summed E-state index contributed by atoms with van der Waals surface area (Å²) in [5.74, 6) is -0.428. The maximum Gasteiger partial charge on any atom is 0.279 e. The molecule has 0 saturated carbocycles. The molecule has 1 aliphatic heterocycles. The van der Waals surface area contributed by atoms with Gasteiger partial charge in [0.15, 0.2) is 0 Å². The molecule has 0 bridgehead atoms. The second-order valence-corrected chi connectivity index (χ2v) is 4.54. The van der Waals surface area contributed by atoms with E-state index in [1.807, 2.05) is 4.90 Å². The SMILES string of the molecule is CON(C)C(=O)c1cc([N+](=O)[O-])ccc1N1CCOCC1. The predicted molar refractivity (Wildman–Crippen MR) is 75.2 cm³/mol. The van der Waals surface area contributed by atoms with Crippen LogP contribution < -0.4 is 4.90 Å². The van der Waals surface area contributed by atoms with Crippen LogP contribution in [-0.2, 0) is 9.57 Å². The van der Waals surface area contributed by atoms with Crippen molar-refractivity contribution < 1.29 is 19.3 Å². The number of amides is 1. The molecule has 1 fully saturated rings. The van der Waals surface area contributed by atoms with E-state index in [1.54, 1.807) is 6.07 Å². The van der Waals surface area contributed by atoms with E-state index < -0.39 is 10.8 Å². The highest BCUT2D eigenvalue weighted by Gasteiger charge is 2.24. The molecule has 1 heterocycles. The van der Waals surface area contributed by atoms with Crippen LogP contribution in [0.2, 0.25) is 0 Å². The minimum atomic E-state index is -0.521. The Balaban J connectivity index is 2.42. The highest BCUT2D eigenvalue weighted by atomic mass is 16.7. The van der Waals surface area contributed by atoms with Crippen molar-refractivity contribution in [2.45, 2.75) is 0 Å². The number of benzene rings is 1. The summed E-state index contributed by atoms with van der Waals surface area (Å²) in [5.41, 5.74) is 0.771. The van der Waals surface area contributed by atoms with Crippen LogP contribution in [-0.4, -0.2) is 56.4 Å². The molecule has 0 unspecified atom stereocenters. The zero-order valence-corrected chi connectivity index (χ0v) is 11.9. The first-order chi connectivity index (χ1) is 10.0. The molecule has 0 N–H and O–H groups in total. The lowest BCUT2D eigenvalue weighted by atomic mass is 10.1. The van der Waals surface area contributed by atoms with Crippen LogP contribution in [0.1, 0.15) is 10.4 Å². The van der Waals surface area contributed by atoms with Crippen LogP contribution in [0.3, 0.4) is 0 Å². The number of anilines is 1. The number of carbonyl (C=O) groups excluding carboxylic acids is 1. The van der Waals surface area contributed by atoms with Crippen LogP contribution in [0.5, 0.6) is 0 Å². The Hall–Kier alpha value is -2.19. The molecule has 0 spiro atoms. The molecule has 8 nitrogen and oxygen atoms in total. The standard InChI is InChI=1S/C13H17N3O5/c1-14(20-2)13(17)11-9-10(16(18)19)3-4-12(11)15-5-7-21-8-6-15/h3-4,9H,5-8H2,1-2H3.